The van der Waals surface area contributed by atoms with Gasteiger partial charge in [0.1, 0.15) is 12.4 Å². The van der Waals surface area contributed by atoms with Crippen LogP contribution in [0.25, 0.3) is 0 Å². The maximum Gasteiger partial charge on any atom is 0.320 e. The van der Waals surface area contributed by atoms with Crippen LogP contribution in [0.4, 0.5) is 9.18 Å². The first-order chi connectivity index (χ1) is 13.3. The molecule has 1 aromatic carbocycles. The van der Waals surface area contributed by atoms with Crippen molar-refractivity contribution < 1.29 is 14.0 Å². The van der Waals surface area contributed by atoms with E-state index in [1.54, 1.807) is 42.5 Å². The highest BCUT2D eigenvalue weighted by Gasteiger charge is 2.34. The fourth-order valence-corrected chi connectivity index (χ4v) is 4.46. The van der Waals surface area contributed by atoms with Crippen LogP contribution >= 0.6 is 11.3 Å². The highest BCUT2D eigenvalue weighted by molar-refractivity contribution is 7.10. The van der Waals surface area contributed by atoms with Crippen LogP contribution in [0.5, 0.6) is 0 Å². The summed E-state index contributed by atoms with van der Waals surface area (Å²) in [4.78, 5) is 31.9. The number of hydrogen-bond donors (Lipinski definition) is 0. The lowest BCUT2D eigenvalue weighted by Gasteiger charge is -2.38. The summed E-state index contributed by atoms with van der Waals surface area (Å²) in [5, 5.41) is 2.03. The number of halogens is 1. The van der Waals surface area contributed by atoms with Crippen LogP contribution in [0.15, 0.2) is 35.7 Å². The fourth-order valence-electron chi connectivity index (χ4n) is 3.55. The summed E-state index contributed by atoms with van der Waals surface area (Å²) in [5.74, 6) is -0.402. The number of rotatable bonds is 4. The van der Waals surface area contributed by atoms with Crippen molar-refractivity contribution in [1.82, 2.24) is 14.7 Å². The van der Waals surface area contributed by atoms with Gasteiger partial charge in [0.25, 0.3) is 0 Å². The summed E-state index contributed by atoms with van der Waals surface area (Å²) in [6, 6.07) is 7.82. The van der Waals surface area contributed by atoms with Gasteiger partial charge in [0, 0.05) is 31.6 Å². The third-order valence-corrected chi connectivity index (χ3v) is 6.03. The highest BCUT2D eigenvalue weighted by Crippen LogP contribution is 2.38. The van der Waals surface area contributed by atoms with Crippen molar-refractivity contribution in [2.45, 2.75) is 32.4 Å². The Bertz CT molecular complexity index is 848. The second kappa shape index (κ2) is 8.31. The molecule has 0 aliphatic carbocycles. The first-order valence-electron chi connectivity index (χ1n) is 9.38. The summed E-state index contributed by atoms with van der Waals surface area (Å²) in [6.45, 7) is 4.40. The molecule has 7 heteroatoms. The topological polar surface area (TPSA) is 43.9 Å². The number of urea groups is 1. The SMILES string of the molecule is CC(C)N(CC(=O)N1CCc2sccc2[C@H]1c1ccc(F)cc1)C(=O)N(C)C. The van der Waals surface area contributed by atoms with Crippen LogP contribution < -0.4 is 0 Å². The number of fused-ring (bicyclic) bond motifs is 1. The molecule has 150 valence electrons. The maximum absolute atomic E-state index is 13.4. The second-order valence-electron chi connectivity index (χ2n) is 7.49. The summed E-state index contributed by atoms with van der Waals surface area (Å²) >= 11 is 1.69. The molecule has 0 spiro atoms. The number of thiophene rings is 1. The van der Waals surface area contributed by atoms with Gasteiger partial charge in [-0.25, -0.2) is 9.18 Å². The molecule has 3 rings (SSSR count). The van der Waals surface area contributed by atoms with Gasteiger partial charge in [-0.3, -0.25) is 4.79 Å². The number of benzene rings is 1. The zero-order valence-electron chi connectivity index (χ0n) is 16.7. The van der Waals surface area contributed by atoms with E-state index in [1.165, 1.54) is 21.9 Å². The molecule has 0 unspecified atom stereocenters. The lowest BCUT2D eigenvalue weighted by Crippen LogP contribution is -2.51. The average Bonchev–Trinajstić information content (AvgIpc) is 3.13. The molecule has 1 aliphatic heterocycles. The van der Waals surface area contributed by atoms with Crippen LogP contribution in [0.3, 0.4) is 0 Å². The molecule has 0 saturated carbocycles. The van der Waals surface area contributed by atoms with E-state index in [0.717, 1.165) is 17.5 Å². The Balaban J connectivity index is 1.91. The van der Waals surface area contributed by atoms with Crippen molar-refractivity contribution in [3.63, 3.8) is 0 Å². The van der Waals surface area contributed by atoms with Crippen molar-refractivity contribution in [3.8, 4) is 0 Å². The monoisotopic (exact) mass is 403 g/mol. The summed E-state index contributed by atoms with van der Waals surface area (Å²) in [6.07, 6.45) is 0.791. The van der Waals surface area contributed by atoms with E-state index in [0.29, 0.717) is 6.54 Å². The maximum atomic E-state index is 13.4. The van der Waals surface area contributed by atoms with Gasteiger partial charge in [-0.05, 0) is 55.0 Å². The van der Waals surface area contributed by atoms with Gasteiger partial charge in [0.15, 0.2) is 0 Å². The molecule has 2 heterocycles. The molecule has 0 bridgehead atoms. The molecule has 1 aliphatic rings. The largest absolute Gasteiger partial charge is 0.331 e. The Labute approximate surface area is 169 Å². The van der Waals surface area contributed by atoms with Crippen molar-refractivity contribution in [2.24, 2.45) is 0 Å². The minimum atomic E-state index is -0.300. The lowest BCUT2D eigenvalue weighted by molar-refractivity contribution is -0.134. The van der Waals surface area contributed by atoms with Crippen LogP contribution in [-0.2, 0) is 11.2 Å². The Hall–Kier alpha value is -2.41. The minimum Gasteiger partial charge on any atom is -0.331 e. The van der Waals surface area contributed by atoms with Crippen LogP contribution in [0.1, 0.15) is 35.9 Å². The highest BCUT2D eigenvalue weighted by atomic mass is 32.1. The van der Waals surface area contributed by atoms with Crippen LogP contribution in [-0.4, -0.2) is 59.9 Å². The molecule has 2 aromatic rings. The average molecular weight is 404 g/mol. The molecule has 28 heavy (non-hydrogen) atoms. The molecule has 1 atom stereocenters. The van der Waals surface area contributed by atoms with E-state index in [9.17, 15) is 14.0 Å². The van der Waals surface area contributed by atoms with Crippen molar-refractivity contribution in [2.75, 3.05) is 27.2 Å². The number of carbonyl (C=O) groups is 2. The first-order valence-corrected chi connectivity index (χ1v) is 10.3. The summed E-state index contributed by atoms with van der Waals surface area (Å²) < 4.78 is 13.4. The Morgan fingerprint density at radius 2 is 1.89 bits per heavy atom. The molecule has 0 radical (unpaired) electrons. The van der Waals surface area contributed by atoms with Crippen molar-refractivity contribution >= 4 is 23.3 Å². The van der Waals surface area contributed by atoms with Gasteiger partial charge >= 0.3 is 6.03 Å². The number of nitrogens with zero attached hydrogens (tertiary/aromatic N) is 3. The van der Waals surface area contributed by atoms with Gasteiger partial charge < -0.3 is 14.7 Å². The molecular formula is C21H26FN3O2S. The van der Waals surface area contributed by atoms with E-state index >= 15 is 0 Å². The number of amides is 3. The molecule has 0 N–H and O–H groups in total. The normalized spacial score (nSPS) is 16.1. The summed E-state index contributed by atoms with van der Waals surface area (Å²) in [7, 11) is 3.37. The third kappa shape index (κ3) is 4.04. The van der Waals surface area contributed by atoms with Gasteiger partial charge in [-0.2, -0.15) is 0 Å². The molecule has 5 nitrogen and oxygen atoms in total. The van der Waals surface area contributed by atoms with E-state index in [4.69, 9.17) is 0 Å². The number of hydrogen-bond acceptors (Lipinski definition) is 3. The van der Waals surface area contributed by atoms with Gasteiger partial charge in [0.05, 0.1) is 6.04 Å². The van der Waals surface area contributed by atoms with E-state index < -0.39 is 0 Å². The molecule has 3 amide bonds. The van der Waals surface area contributed by atoms with Gasteiger partial charge in [-0.15, -0.1) is 11.3 Å². The van der Waals surface area contributed by atoms with Gasteiger partial charge in [0.2, 0.25) is 5.91 Å². The lowest BCUT2D eigenvalue weighted by atomic mass is 9.93. The molecular weight excluding hydrogens is 377 g/mol. The molecule has 0 saturated heterocycles. The van der Waals surface area contributed by atoms with Gasteiger partial charge in [-0.1, -0.05) is 12.1 Å². The standard InChI is InChI=1S/C21H26FN3O2S/c1-14(2)25(21(27)23(3)4)13-19(26)24-11-9-18-17(10-12-28-18)20(24)15-5-7-16(22)8-6-15/h5-8,10,12,14,20H,9,11,13H2,1-4H3/t20-/m1/s1. The Kier molecular flexibility index (Phi) is 6.03. The zero-order chi connectivity index (χ0) is 20.4. The smallest absolute Gasteiger partial charge is 0.320 e. The fraction of sp³-hybridized carbons (Fsp3) is 0.429. The van der Waals surface area contributed by atoms with E-state index in [2.05, 4.69) is 0 Å². The van der Waals surface area contributed by atoms with Crippen LogP contribution in [0.2, 0.25) is 0 Å². The Morgan fingerprint density at radius 3 is 2.50 bits per heavy atom. The Morgan fingerprint density at radius 1 is 1.21 bits per heavy atom. The van der Waals surface area contributed by atoms with Crippen molar-refractivity contribution in [3.05, 3.63) is 57.5 Å². The zero-order valence-corrected chi connectivity index (χ0v) is 17.5. The van der Waals surface area contributed by atoms with E-state index in [1.807, 2.05) is 30.2 Å². The third-order valence-electron chi connectivity index (χ3n) is 5.03. The molecule has 0 fully saturated rings. The number of carbonyl (C=O) groups excluding carboxylic acids is 2. The second-order valence-corrected chi connectivity index (χ2v) is 8.49. The van der Waals surface area contributed by atoms with E-state index in [-0.39, 0.29) is 36.4 Å². The molecule has 1 aromatic heterocycles. The quantitative estimate of drug-likeness (QED) is 0.780. The predicted octanol–water partition coefficient (Wildman–Crippen LogP) is 3.75. The van der Waals surface area contributed by atoms with Crippen LogP contribution in [0, 0.1) is 5.82 Å². The first kappa shape index (κ1) is 20.3. The summed E-state index contributed by atoms with van der Waals surface area (Å²) in [5.41, 5.74) is 1.97. The van der Waals surface area contributed by atoms with Crippen molar-refractivity contribution in [1.29, 1.82) is 0 Å². The predicted molar refractivity (Wildman–Crippen MR) is 109 cm³/mol. The minimum absolute atomic E-state index is 0.0197.